The van der Waals surface area contributed by atoms with Gasteiger partial charge in [0.25, 0.3) is 0 Å². The van der Waals surface area contributed by atoms with Crippen LogP contribution in [0.15, 0.2) is 76.1 Å². The van der Waals surface area contributed by atoms with Crippen molar-refractivity contribution in [2.45, 2.75) is 25.3 Å². The van der Waals surface area contributed by atoms with E-state index in [2.05, 4.69) is 21.2 Å². The van der Waals surface area contributed by atoms with Crippen LogP contribution in [-0.2, 0) is 21.4 Å². The smallest absolute Gasteiger partial charge is 0.243 e. The summed E-state index contributed by atoms with van der Waals surface area (Å²) in [5.74, 6) is -1.04. The lowest BCUT2D eigenvalue weighted by Gasteiger charge is -2.22. The number of amides is 1. The van der Waals surface area contributed by atoms with E-state index in [1.165, 1.54) is 24.3 Å². The Kier molecular flexibility index (Phi) is 7.25. The van der Waals surface area contributed by atoms with Gasteiger partial charge in [-0.1, -0.05) is 51.8 Å². The summed E-state index contributed by atoms with van der Waals surface area (Å²) >= 11 is 3.30. The van der Waals surface area contributed by atoms with Crippen molar-refractivity contribution in [3.8, 4) is 0 Å². The molecule has 0 atom stereocenters. The molecule has 0 saturated carbocycles. The van der Waals surface area contributed by atoms with Crippen LogP contribution in [-0.4, -0.2) is 25.2 Å². The van der Waals surface area contributed by atoms with Gasteiger partial charge in [-0.3, -0.25) is 4.79 Å². The van der Waals surface area contributed by atoms with Crippen LogP contribution >= 0.6 is 15.9 Å². The molecule has 0 heterocycles. The standard InChI is InChI=1S/C23H22BrFN2O3S/c1-16-3-6-18(7-4-16)14-27(31(29,30)21-11-8-19(24)9-12-21)15-23(28)26-22-13-20(25)10-5-17(22)2/h3-13H,14-15H2,1-2H3,(H,26,28). The van der Waals surface area contributed by atoms with Crippen molar-refractivity contribution in [3.05, 3.63) is 93.7 Å². The lowest BCUT2D eigenvalue weighted by molar-refractivity contribution is -0.116. The summed E-state index contributed by atoms with van der Waals surface area (Å²) in [6.07, 6.45) is 0. The Bertz CT molecular complexity index is 1180. The summed E-state index contributed by atoms with van der Waals surface area (Å²) in [5.41, 5.74) is 2.78. The second kappa shape index (κ2) is 9.72. The van der Waals surface area contributed by atoms with E-state index in [-0.39, 0.29) is 11.4 Å². The van der Waals surface area contributed by atoms with E-state index >= 15 is 0 Å². The highest BCUT2D eigenvalue weighted by Gasteiger charge is 2.27. The number of sulfonamides is 1. The van der Waals surface area contributed by atoms with Crippen LogP contribution in [0.2, 0.25) is 0 Å². The molecule has 31 heavy (non-hydrogen) atoms. The van der Waals surface area contributed by atoms with Gasteiger partial charge in [-0.05, 0) is 61.4 Å². The normalized spacial score (nSPS) is 11.5. The number of benzene rings is 3. The number of hydrogen-bond donors (Lipinski definition) is 1. The Labute approximate surface area is 190 Å². The van der Waals surface area contributed by atoms with E-state index in [9.17, 15) is 17.6 Å². The highest BCUT2D eigenvalue weighted by molar-refractivity contribution is 9.10. The second-order valence-corrected chi connectivity index (χ2v) is 10.1. The number of anilines is 1. The summed E-state index contributed by atoms with van der Waals surface area (Å²) in [6.45, 7) is 3.28. The molecule has 0 aliphatic carbocycles. The Morgan fingerprint density at radius 1 is 1.00 bits per heavy atom. The van der Waals surface area contributed by atoms with Crippen molar-refractivity contribution >= 4 is 37.5 Å². The maximum absolute atomic E-state index is 13.6. The molecule has 0 fully saturated rings. The van der Waals surface area contributed by atoms with Gasteiger partial charge in [0.1, 0.15) is 5.82 Å². The van der Waals surface area contributed by atoms with Crippen molar-refractivity contribution < 1.29 is 17.6 Å². The van der Waals surface area contributed by atoms with Gasteiger partial charge in [-0.25, -0.2) is 12.8 Å². The minimum atomic E-state index is -3.95. The third-order valence-electron chi connectivity index (χ3n) is 4.72. The molecule has 3 rings (SSSR count). The number of aryl methyl sites for hydroxylation is 2. The van der Waals surface area contributed by atoms with E-state index in [0.717, 1.165) is 19.9 Å². The molecule has 5 nitrogen and oxygen atoms in total. The van der Waals surface area contributed by atoms with Crippen LogP contribution in [0.25, 0.3) is 0 Å². The predicted molar refractivity (Wildman–Crippen MR) is 123 cm³/mol. The van der Waals surface area contributed by atoms with Crippen molar-refractivity contribution in [2.24, 2.45) is 0 Å². The minimum absolute atomic E-state index is 0.0221. The highest BCUT2D eigenvalue weighted by atomic mass is 79.9. The van der Waals surface area contributed by atoms with Gasteiger partial charge < -0.3 is 5.32 Å². The fourth-order valence-electron chi connectivity index (χ4n) is 2.96. The first kappa shape index (κ1) is 23.1. The van der Waals surface area contributed by atoms with Gasteiger partial charge in [0.2, 0.25) is 15.9 Å². The van der Waals surface area contributed by atoms with Crippen LogP contribution < -0.4 is 5.32 Å². The maximum atomic E-state index is 13.6. The van der Waals surface area contributed by atoms with Crippen molar-refractivity contribution in [1.82, 2.24) is 4.31 Å². The maximum Gasteiger partial charge on any atom is 0.243 e. The van der Waals surface area contributed by atoms with Gasteiger partial charge in [0.05, 0.1) is 11.4 Å². The van der Waals surface area contributed by atoms with Crippen molar-refractivity contribution in [1.29, 1.82) is 0 Å². The molecule has 0 aliphatic rings. The lowest BCUT2D eigenvalue weighted by atomic mass is 10.1. The fraction of sp³-hybridized carbons (Fsp3) is 0.174. The molecular formula is C23H22BrFN2O3S. The first-order valence-electron chi connectivity index (χ1n) is 9.52. The summed E-state index contributed by atoms with van der Waals surface area (Å²) < 4.78 is 42.0. The predicted octanol–water partition coefficient (Wildman–Crippen LogP) is 5.03. The lowest BCUT2D eigenvalue weighted by Crippen LogP contribution is -2.37. The topological polar surface area (TPSA) is 66.5 Å². The number of halogens is 2. The van der Waals surface area contributed by atoms with Crippen molar-refractivity contribution in [2.75, 3.05) is 11.9 Å². The molecule has 8 heteroatoms. The van der Waals surface area contributed by atoms with Gasteiger partial charge in [-0.15, -0.1) is 0 Å². The summed E-state index contributed by atoms with van der Waals surface area (Å²) in [7, 11) is -3.95. The molecule has 0 bridgehead atoms. The Morgan fingerprint density at radius 2 is 1.65 bits per heavy atom. The molecule has 0 spiro atoms. The minimum Gasteiger partial charge on any atom is -0.325 e. The second-order valence-electron chi connectivity index (χ2n) is 7.22. The quantitative estimate of drug-likeness (QED) is 0.490. The van der Waals surface area contributed by atoms with E-state index in [4.69, 9.17) is 0 Å². The summed E-state index contributed by atoms with van der Waals surface area (Å²) in [4.78, 5) is 12.8. The van der Waals surface area contributed by atoms with Gasteiger partial charge in [0, 0.05) is 16.7 Å². The average Bonchev–Trinajstić information content (AvgIpc) is 2.72. The first-order valence-corrected chi connectivity index (χ1v) is 11.8. The number of rotatable bonds is 7. The molecule has 3 aromatic carbocycles. The number of carbonyl (C=O) groups excluding carboxylic acids is 1. The molecule has 1 N–H and O–H groups in total. The van der Waals surface area contributed by atoms with Crippen LogP contribution in [0.5, 0.6) is 0 Å². The first-order chi connectivity index (χ1) is 14.6. The summed E-state index contributed by atoms with van der Waals surface area (Å²) in [5, 5.41) is 2.62. The largest absolute Gasteiger partial charge is 0.325 e. The number of nitrogens with one attached hydrogen (secondary N) is 1. The average molecular weight is 505 g/mol. The molecule has 1 amide bonds. The molecule has 0 unspecified atom stereocenters. The summed E-state index contributed by atoms with van der Waals surface area (Å²) in [6, 6.07) is 17.7. The number of nitrogens with zero attached hydrogens (tertiary/aromatic N) is 1. The van der Waals surface area contributed by atoms with Crippen LogP contribution in [0.1, 0.15) is 16.7 Å². The number of hydrogen-bond acceptors (Lipinski definition) is 3. The van der Waals surface area contributed by atoms with Crippen LogP contribution in [0, 0.1) is 19.7 Å². The van der Waals surface area contributed by atoms with Crippen LogP contribution in [0.4, 0.5) is 10.1 Å². The molecule has 162 valence electrons. The third-order valence-corrected chi connectivity index (χ3v) is 7.06. The molecule has 0 radical (unpaired) electrons. The Balaban J connectivity index is 1.89. The Hall–Kier alpha value is -2.55. The molecule has 0 aliphatic heterocycles. The molecule has 0 saturated heterocycles. The zero-order chi connectivity index (χ0) is 22.6. The zero-order valence-corrected chi connectivity index (χ0v) is 19.5. The fourth-order valence-corrected chi connectivity index (χ4v) is 4.61. The van der Waals surface area contributed by atoms with Gasteiger partial charge in [-0.2, -0.15) is 4.31 Å². The van der Waals surface area contributed by atoms with Crippen LogP contribution in [0.3, 0.4) is 0 Å². The van der Waals surface area contributed by atoms with E-state index in [0.29, 0.717) is 11.3 Å². The van der Waals surface area contributed by atoms with Gasteiger partial charge in [0.15, 0.2) is 0 Å². The monoisotopic (exact) mass is 504 g/mol. The van der Waals surface area contributed by atoms with Crippen molar-refractivity contribution in [3.63, 3.8) is 0 Å². The number of carbonyl (C=O) groups is 1. The third kappa shape index (κ3) is 6.00. The van der Waals surface area contributed by atoms with E-state index in [1.807, 2.05) is 31.2 Å². The molecule has 0 aromatic heterocycles. The highest BCUT2D eigenvalue weighted by Crippen LogP contribution is 2.22. The molecular weight excluding hydrogens is 483 g/mol. The van der Waals surface area contributed by atoms with E-state index < -0.39 is 28.3 Å². The van der Waals surface area contributed by atoms with Gasteiger partial charge >= 0.3 is 0 Å². The Morgan fingerprint density at radius 3 is 2.29 bits per heavy atom. The zero-order valence-electron chi connectivity index (χ0n) is 17.1. The van der Waals surface area contributed by atoms with E-state index in [1.54, 1.807) is 25.1 Å². The SMILES string of the molecule is Cc1ccc(CN(CC(=O)Nc2cc(F)ccc2C)S(=O)(=O)c2ccc(Br)cc2)cc1. The molecule has 3 aromatic rings.